The van der Waals surface area contributed by atoms with Crippen molar-refractivity contribution in [2.24, 2.45) is 0 Å². The Morgan fingerprint density at radius 1 is 1.03 bits per heavy atom. The summed E-state index contributed by atoms with van der Waals surface area (Å²) in [5, 5.41) is 0. The van der Waals surface area contributed by atoms with Crippen LogP contribution in [0.15, 0.2) is 72.0 Å². The highest BCUT2D eigenvalue weighted by atomic mass is 16.5. The van der Waals surface area contributed by atoms with Crippen molar-refractivity contribution in [3.63, 3.8) is 0 Å². The van der Waals surface area contributed by atoms with Crippen LogP contribution in [0.4, 0.5) is 0 Å². The molecule has 0 unspecified atom stereocenters. The van der Waals surface area contributed by atoms with E-state index in [0.717, 1.165) is 33.6 Å². The van der Waals surface area contributed by atoms with E-state index in [1.165, 1.54) is 7.11 Å². The van der Waals surface area contributed by atoms with Crippen LogP contribution in [0, 0.1) is 20.8 Å². The number of methoxy groups -OCH3 is 1. The highest BCUT2D eigenvalue weighted by Gasteiger charge is 2.18. The Bertz CT molecular complexity index is 1400. The molecule has 0 saturated carbocycles. The van der Waals surface area contributed by atoms with Crippen molar-refractivity contribution in [2.75, 3.05) is 7.11 Å². The van der Waals surface area contributed by atoms with E-state index >= 15 is 0 Å². The second kappa shape index (κ2) is 9.51. The van der Waals surface area contributed by atoms with Gasteiger partial charge in [0, 0.05) is 30.1 Å². The van der Waals surface area contributed by atoms with Crippen molar-refractivity contribution in [3.05, 3.63) is 117 Å². The number of esters is 1. The molecule has 2 aromatic heterocycles. The van der Waals surface area contributed by atoms with Gasteiger partial charge in [0.2, 0.25) is 0 Å². The van der Waals surface area contributed by atoms with Gasteiger partial charge in [-0.15, -0.1) is 0 Å². The monoisotopic (exact) mass is 455 g/mol. The van der Waals surface area contributed by atoms with E-state index in [4.69, 9.17) is 4.74 Å². The molecular weight excluding hydrogens is 426 g/mol. The molecule has 4 rings (SSSR count). The zero-order chi connectivity index (χ0) is 24.4. The van der Waals surface area contributed by atoms with Gasteiger partial charge in [-0.25, -0.2) is 9.78 Å². The molecule has 0 amide bonds. The average molecular weight is 456 g/mol. The van der Waals surface area contributed by atoms with Crippen molar-refractivity contribution in [1.82, 2.24) is 14.1 Å². The molecule has 2 heterocycles. The summed E-state index contributed by atoms with van der Waals surface area (Å²) in [6.45, 7) is 7.98. The molecule has 0 fully saturated rings. The molecule has 1 atom stereocenters. The van der Waals surface area contributed by atoms with E-state index in [1.54, 1.807) is 23.2 Å². The Balaban J connectivity index is 1.73. The second-order valence-corrected chi connectivity index (χ2v) is 8.76. The van der Waals surface area contributed by atoms with Crippen molar-refractivity contribution in [1.29, 1.82) is 0 Å². The van der Waals surface area contributed by atoms with Crippen LogP contribution in [-0.2, 0) is 11.2 Å². The van der Waals surface area contributed by atoms with Gasteiger partial charge in [0.25, 0.3) is 5.56 Å². The maximum absolute atomic E-state index is 13.5. The number of rotatable bonds is 6. The van der Waals surface area contributed by atoms with E-state index < -0.39 is 5.97 Å². The largest absolute Gasteiger partial charge is 0.465 e. The zero-order valence-corrected chi connectivity index (χ0v) is 20.2. The number of carbonyl (C=O) groups is 1. The highest BCUT2D eigenvalue weighted by Crippen LogP contribution is 2.21. The summed E-state index contributed by atoms with van der Waals surface area (Å²) in [5.74, 6) is -0.465. The highest BCUT2D eigenvalue weighted by molar-refractivity contribution is 5.89. The maximum Gasteiger partial charge on any atom is 0.339 e. The SMILES string of the molecule is COC(=O)c1cc(Cc2ccc(-n3cnc(C)c3)c(C)c2)c(=O)n([C@H](C)c2ccc(C)cc2)c1. The number of carbonyl (C=O) groups excluding carboxylic acids is 1. The summed E-state index contributed by atoms with van der Waals surface area (Å²) in [5.41, 5.74) is 7.00. The fraction of sp³-hybridized carbons (Fsp3) is 0.250. The van der Waals surface area contributed by atoms with Gasteiger partial charge in [-0.2, -0.15) is 0 Å². The van der Waals surface area contributed by atoms with Crippen LogP contribution in [0.3, 0.4) is 0 Å². The third kappa shape index (κ3) is 4.71. The van der Waals surface area contributed by atoms with Crippen LogP contribution in [0.2, 0.25) is 0 Å². The van der Waals surface area contributed by atoms with E-state index in [-0.39, 0.29) is 11.6 Å². The molecule has 0 aliphatic heterocycles. The molecular formula is C28H29N3O3. The van der Waals surface area contributed by atoms with Crippen LogP contribution in [0.1, 0.15) is 56.8 Å². The van der Waals surface area contributed by atoms with Crippen LogP contribution in [0.5, 0.6) is 0 Å². The fourth-order valence-corrected chi connectivity index (χ4v) is 4.20. The Kier molecular flexibility index (Phi) is 6.50. The molecule has 6 nitrogen and oxygen atoms in total. The van der Waals surface area contributed by atoms with Gasteiger partial charge in [-0.3, -0.25) is 4.79 Å². The van der Waals surface area contributed by atoms with Crippen LogP contribution in [0.25, 0.3) is 5.69 Å². The maximum atomic E-state index is 13.5. The number of ether oxygens (including phenoxy) is 1. The Labute approximate surface area is 199 Å². The number of nitrogens with zero attached hydrogens (tertiary/aromatic N) is 3. The summed E-state index contributed by atoms with van der Waals surface area (Å²) in [6.07, 6.45) is 5.78. The smallest absolute Gasteiger partial charge is 0.339 e. The minimum atomic E-state index is -0.465. The minimum absolute atomic E-state index is 0.118. The van der Waals surface area contributed by atoms with E-state index in [1.807, 2.05) is 74.9 Å². The average Bonchev–Trinajstić information content (AvgIpc) is 3.25. The normalized spacial score (nSPS) is 11.9. The van der Waals surface area contributed by atoms with E-state index in [2.05, 4.69) is 11.1 Å². The molecule has 0 bridgehead atoms. The molecule has 0 N–H and O–H groups in total. The third-order valence-electron chi connectivity index (χ3n) is 6.16. The number of aryl methyl sites for hydroxylation is 3. The summed E-state index contributed by atoms with van der Waals surface area (Å²) < 4.78 is 8.58. The standard InChI is InChI=1S/C28H29N3O3/c1-18-6-9-23(10-7-18)21(4)31-16-25(28(33)34-5)14-24(27(31)32)13-22-8-11-26(19(2)12-22)30-15-20(3)29-17-30/h6-12,14-17,21H,13H2,1-5H3/t21-/m1/s1. The van der Waals surface area contributed by atoms with Gasteiger partial charge in [-0.05, 0) is 56.5 Å². The zero-order valence-electron chi connectivity index (χ0n) is 20.2. The molecule has 0 aliphatic carbocycles. The summed E-state index contributed by atoms with van der Waals surface area (Å²) >= 11 is 0. The van der Waals surface area contributed by atoms with Gasteiger partial charge < -0.3 is 13.9 Å². The van der Waals surface area contributed by atoms with Gasteiger partial charge >= 0.3 is 5.97 Å². The fourth-order valence-electron chi connectivity index (χ4n) is 4.20. The van der Waals surface area contributed by atoms with Crippen molar-refractivity contribution < 1.29 is 9.53 Å². The third-order valence-corrected chi connectivity index (χ3v) is 6.16. The molecule has 0 spiro atoms. The van der Waals surface area contributed by atoms with Crippen LogP contribution in [-0.4, -0.2) is 27.2 Å². The first kappa shape index (κ1) is 23.2. The lowest BCUT2D eigenvalue weighted by atomic mass is 10.0. The predicted molar refractivity (Wildman–Crippen MR) is 133 cm³/mol. The number of aromatic nitrogens is 3. The molecule has 2 aromatic carbocycles. The Morgan fingerprint density at radius 3 is 2.38 bits per heavy atom. The first-order valence-corrected chi connectivity index (χ1v) is 11.3. The van der Waals surface area contributed by atoms with Gasteiger partial charge in [0.15, 0.2) is 0 Å². The molecule has 0 saturated heterocycles. The first-order chi connectivity index (χ1) is 16.3. The molecule has 4 aromatic rings. The second-order valence-electron chi connectivity index (χ2n) is 8.76. The van der Waals surface area contributed by atoms with Crippen molar-refractivity contribution in [2.45, 2.75) is 40.2 Å². The van der Waals surface area contributed by atoms with Crippen molar-refractivity contribution in [3.8, 4) is 5.69 Å². The molecule has 34 heavy (non-hydrogen) atoms. The lowest BCUT2D eigenvalue weighted by molar-refractivity contribution is 0.0599. The lowest BCUT2D eigenvalue weighted by Crippen LogP contribution is -2.28. The minimum Gasteiger partial charge on any atom is -0.465 e. The van der Waals surface area contributed by atoms with Crippen LogP contribution < -0.4 is 5.56 Å². The topological polar surface area (TPSA) is 66.1 Å². The molecule has 0 aliphatic rings. The molecule has 174 valence electrons. The number of hydrogen-bond donors (Lipinski definition) is 0. The lowest BCUT2D eigenvalue weighted by Gasteiger charge is -2.19. The van der Waals surface area contributed by atoms with Gasteiger partial charge in [0.1, 0.15) is 0 Å². The Morgan fingerprint density at radius 2 is 1.76 bits per heavy atom. The van der Waals surface area contributed by atoms with Crippen molar-refractivity contribution >= 4 is 5.97 Å². The van der Waals surface area contributed by atoms with E-state index in [9.17, 15) is 9.59 Å². The number of pyridine rings is 1. The van der Waals surface area contributed by atoms with E-state index in [0.29, 0.717) is 17.5 Å². The molecule has 6 heteroatoms. The van der Waals surface area contributed by atoms with Crippen LogP contribution >= 0.6 is 0 Å². The van der Waals surface area contributed by atoms with Gasteiger partial charge in [0.05, 0.1) is 30.7 Å². The van der Waals surface area contributed by atoms with Gasteiger partial charge in [-0.1, -0.05) is 42.0 Å². The quantitative estimate of drug-likeness (QED) is 0.386. The summed E-state index contributed by atoms with van der Waals surface area (Å²) in [7, 11) is 1.35. The molecule has 0 radical (unpaired) electrons. The summed E-state index contributed by atoms with van der Waals surface area (Å²) in [6, 6.07) is 15.6. The number of hydrogen-bond acceptors (Lipinski definition) is 4. The number of benzene rings is 2. The Hall–Kier alpha value is -3.93. The number of imidazole rings is 1. The summed E-state index contributed by atoms with van der Waals surface area (Å²) in [4.78, 5) is 30.2. The first-order valence-electron chi connectivity index (χ1n) is 11.3. The predicted octanol–water partition coefficient (Wildman–Crippen LogP) is 4.95.